The van der Waals surface area contributed by atoms with Crippen molar-refractivity contribution in [2.24, 2.45) is 5.90 Å². The third-order valence-electron chi connectivity index (χ3n) is 4.50. The van der Waals surface area contributed by atoms with Gasteiger partial charge in [-0.05, 0) is 55.3 Å². The summed E-state index contributed by atoms with van der Waals surface area (Å²) in [4.78, 5) is 16.8. The van der Waals surface area contributed by atoms with Gasteiger partial charge in [0.15, 0.2) is 6.29 Å². The van der Waals surface area contributed by atoms with Crippen molar-refractivity contribution in [3.8, 4) is 5.75 Å². The van der Waals surface area contributed by atoms with E-state index in [0.29, 0.717) is 23.6 Å². The molecular weight excluding hydrogens is 373 g/mol. The number of aldehydes is 1. The van der Waals surface area contributed by atoms with Crippen molar-refractivity contribution in [3.63, 3.8) is 0 Å². The van der Waals surface area contributed by atoms with Gasteiger partial charge in [0.05, 0.1) is 12.2 Å². The van der Waals surface area contributed by atoms with Gasteiger partial charge in [-0.1, -0.05) is 11.6 Å². The molecule has 0 aromatic heterocycles. The molecule has 1 aliphatic carbocycles. The molecule has 5 N–H and O–H groups in total. The summed E-state index contributed by atoms with van der Waals surface area (Å²) >= 11 is 5.90. The number of rotatable bonds is 5. The first-order chi connectivity index (χ1) is 12.9. The van der Waals surface area contributed by atoms with Gasteiger partial charge in [0.2, 0.25) is 0 Å². The summed E-state index contributed by atoms with van der Waals surface area (Å²) in [7, 11) is 1.98. The lowest BCUT2D eigenvalue weighted by molar-refractivity contribution is 0.0997. The first kappa shape index (κ1) is 21.1. The minimum Gasteiger partial charge on any atom is -0.507 e. The minimum absolute atomic E-state index is 0.0741. The smallest absolute Gasteiger partial charge is 0.153 e. The Morgan fingerprint density at radius 1 is 1.41 bits per heavy atom. The molecule has 1 aliphatic rings. The van der Waals surface area contributed by atoms with Crippen LogP contribution in [0, 0.1) is 5.82 Å². The number of nitrogens with two attached hydrogens (primary N) is 2. The van der Waals surface area contributed by atoms with Gasteiger partial charge in [0, 0.05) is 29.4 Å². The molecule has 0 spiro atoms. The number of anilines is 1. The Morgan fingerprint density at radius 2 is 2.15 bits per heavy atom. The van der Waals surface area contributed by atoms with E-state index >= 15 is 0 Å². The number of aromatic hydroxyl groups is 1. The second-order valence-electron chi connectivity index (χ2n) is 6.30. The van der Waals surface area contributed by atoms with Gasteiger partial charge in [-0.15, -0.1) is 0 Å². The Morgan fingerprint density at radius 3 is 2.78 bits per heavy atom. The molecule has 0 fully saturated rings. The zero-order chi connectivity index (χ0) is 20.0. The quantitative estimate of drug-likeness (QED) is 0.408. The van der Waals surface area contributed by atoms with Crippen LogP contribution in [0.3, 0.4) is 0 Å². The normalized spacial score (nSPS) is 15.2. The summed E-state index contributed by atoms with van der Waals surface area (Å²) in [6.07, 6.45) is 2.25. The summed E-state index contributed by atoms with van der Waals surface area (Å²) in [5.41, 5.74) is 7.80. The molecule has 0 saturated carbocycles. The number of hydrogen-bond acceptors (Lipinski definition) is 6. The van der Waals surface area contributed by atoms with E-state index in [0.717, 1.165) is 30.5 Å². The molecule has 3 rings (SSSR count). The lowest BCUT2D eigenvalue weighted by Crippen LogP contribution is -2.27. The van der Waals surface area contributed by atoms with Crippen LogP contribution in [0.5, 0.6) is 5.75 Å². The highest BCUT2D eigenvalue weighted by Crippen LogP contribution is 2.37. The highest BCUT2D eigenvalue weighted by atomic mass is 35.5. The van der Waals surface area contributed by atoms with Crippen LogP contribution >= 0.6 is 11.6 Å². The molecule has 0 saturated heterocycles. The second kappa shape index (κ2) is 9.66. The maximum absolute atomic E-state index is 13.7. The Kier molecular flexibility index (Phi) is 7.55. The number of hydrogen-bond donors (Lipinski definition) is 3. The van der Waals surface area contributed by atoms with Crippen molar-refractivity contribution in [2.75, 3.05) is 25.9 Å². The number of nitrogen functional groups attached to an aromatic ring is 1. The molecule has 1 unspecified atom stereocenters. The SMILES string of the molecule is CN(CCON)C1CCc2c(F)cc(Cl)cc21.Nc1ccc(C=O)c(O)c1. The van der Waals surface area contributed by atoms with Crippen molar-refractivity contribution in [3.05, 3.63) is 57.9 Å². The van der Waals surface area contributed by atoms with E-state index < -0.39 is 0 Å². The standard InChI is InChI=1S/C12H16ClFN2O.C7H7NO2/c1-16(4-5-17-15)12-3-2-9-10(12)6-8(13)7-11(9)14;8-6-2-1-5(4-9)7(10)3-6/h6-7,12H,2-5,15H2,1H3;1-4,10H,8H2. The van der Waals surface area contributed by atoms with Crippen molar-refractivity contribution < 1.29 is 19.1 Å². The molecule has 0 amide bonds. The van der Waals surface area contributed by atoms with Crippen LogP contribution in [0.15, 0.2) is 30.3 Å². The third kappa shape index (κ3) is 5.40. The minimum atomic E-state index is -0.196. The Balaban J connectivity index is 0.000000223. The van der Waals surface area contributed by atoms with Crippen LogP contribution < -0.4 is 11.6 Å². The zero-order valence-corrected chi connectivity index (χ0v) is 15.7. The fraction of sp³-hybridized carbons (Fsp3) is 0.316. The Bertz CT molecular complexity index is 804. The largest absolute Gasteiger partial charge is 0.507 e. The van der Waals surface area contributed by atoms with Crippen LogP contribution in [0.25, 0.3) is 0 Å². The monoisotopic (exact) mass is 395 g/mol. The summed E-state index contributed by atoms with van der Waals surface area (Å²) in [6, 6.07) is 7.81. The molecule has 27 heavy (non-hydrogen) atoms. The maximum Gasteiger partial charge on any atom is 0.153 e. The number of phenols is 1. The lowest BCUT2D eigenvalue weighted by atomic mass is 10.1. The molecule has 2 aromatic carbocycles. The van der Waals surface area contributed by atoms with Crippen molar-refractivity contribution >= 4 is 23.6 Å². The maximum atomic E-state index is 13.7. The average molecular weight is 396 g/mol. The van der Waals surface area contributed by atoms with Gasteiger partial charge in [-0.25, -0.2) is 10.3 Å². The molecule has 1 atom stereocenters. The molecule has 8 heteroatoms. The van der Waals surface area contributed by atoms with E-state index in [-0.39, 0.29) is 23.2 Å². The van der Waals surface area contributed by atoms with Gasteiger partial charge >= 0.3 is 0 Å². The molecule has 0 heterocycles. The topological polar surface area (TPSA) is 102 Å². The van der Waals surface area contributed by atoms with Crippen LogP contribution in [0.1, 0.15) is 33.9 Å². The molecule has 6 nitrogen and oxygen atoms in total. The molecule has 0 bridgehead atoms. The van der Waals surface area contributed by atoms with Crippen LogP contribution in [0.4, 0.5) is 10.1 Å². The summed E-state index contributed by atoms with van der Waals surface area (Å²) in [5.74, 6) is 4.74. The third-order valence-corrected chi connectivity index (χ3v) is 4.72. The van der Waals surface area contributed by atoms with E-state index in [4.69, 9.17) is 28.3 Å². The van der Waals surface area contributed by atoms with E-state index in [9.17, 15) is 9.18 Å². The number of likely N-dealkylation sites (N-methyl/N-ethyl adjacent to an activating group) is 1. The molecule has 146 valence electrons. The number of phenolic OH excluding ortho intramolecular Hbond substituents is 1. The highest BCUT2D eigenvalue weighted by molar-refractivity contribution is 6.30. The lowest BCUT2D eigenvalue weighted by Gasteiger charge is -2.24. The molecular formula is C19H23ClFN3O3. The average Bonchev–Trinajstić information content (AvgIpc) is 3.04. The summed E-state index contributed by atoms with van der Waals surface area (Å²) in [5, 5.41) is 9.44. The van der Waals surface area contributed by atoms with Crippen LogP contribution in [0.2, 0.25) is 5.02 Å². The Labute approximate surface area is 162 Å². The van der Waals surface area contributed by atoms with Crippen LogP contribution in [-0.4, -0.2) is 36.5 Å². The number of carbonyl (C=O) groups is 1. The number of halogens is 2. The summed E-state index contributed by atoms with van der Waals surface area (Å²) in [6.45, 7) is 1.18. The first-order valence-electron chi connectivity index (χ1n) is 8.40. The predicted octanol–water partition coefficient (Wildman–Crippen LogP) is 3.08. The van der Waals surface area contributed by atoms with Gasteiger partial charge < -0.3 is 15.7 Å². The van der Waals surface area contributed by atoms with Gasteiger partial charge in [0.1, 0.15) is 11.6 Å². The van der Waals surface area contributed by atoms with Crippen molar-refractivity contribution in [1.29, 1.82) is 0 Å². The van der Waals surface area contributed by atoms with E-state index in [2.05, 4.69) is 9.74 Å². The second-order valence-corrected chi connectivity index (χ2v) is 6.73. The molecule has 2 aromatic rings. The fourth-order valence-corrected chi connectivity index (χ4v) is 3.31. The van der Waals surface area contributed by atoms with E-state index in [1.54, 1.807) is 6.07 Å². The van der Waals surface area contributed by atoms with Gasteiger partial charge in [-0.2, -0.15) is 0 Å². The number of fused-ring (bicyclic) bond motifs is 1. The van der Waals surface area contributed by atoms with Gasteiger partial charge in [-0.3, -0.25) is 9.69 Å². The molecule has 0 radical (unpaired) electrons. The van der Waals surface area contributed by atoms with Crippen molar-refractivity contribution in [2.45, 2.75) is 18.9 Å². The number of carbonyl (C=O) groups excluding carboxylic acids is 1. The molecule has 0 aliphatic heterocycles. The highest BCUT2D eigenvalue weighted by Gasteiger charge is 2.28. The Hall–Kier alpha value is -2.19. The van der Waals surface area contributed by atoms with Gasteiger partial charge in [0.25, 0.3) is 0 Å². The van der Waals surface area contributed by atoms with Crippen LogP contribution in [-0.2, 0) is 11.3 Å². The fourth-order valence-electron chi connectivity index (χ4n) is 3.09. The van der Waals surface area contributed by atoms with Crippen molar-refractivity contribution in [1.82, 2.24) is 4.90 Å². The van der Waals surface area contributed by atoms with E-state index in [1.807, 2.05) is 13.1 Å². The first-order valence-corrected chi connectivity index (χ1v) is 8.78. The predicted molar refractivity (Wildman–Crippen MR) is 103 cm³/mol. The number of nitrogens with zero attached hydrogens (tertiary/aromatic N) is 1. The zero-order valence-electron chi connectivity index (χ0n) is 15.0. The summed E-state index contributed by atoms with van der Waals surface area (Å²) < 4.78 is 13.7. The van der Waals surface area contributed by atoms with E-state index in [1.165, 1.54) is 18.2 Å². The number of benzene rings is 2.